The van der Waals surface area contributed by atoms with Crippen LogP contribution in [0.3, 0.4) is 0 Å². The number of halogens is 2. The predicted octanol–water partition coefficient (Wildman–Crippen LogP) is 2.59. The Labute approximate surface area is 152 Å². The van der Waals surface area contributed by atoms with Gasteiger partial charge in [0, 0.05) is 51.6 Å². The van der Waals surface area contributed by atoms with Crippen LogP contribution in [0.15, 0.2) is 30.3 Å². The summed E-state index contributed by atoms with van der Waals surface area (Å²) >= 11 is 0. The summed E-state index contributed by atoms with van der Waals surface area (Å²) in [5.74, 6) is -3.52. The van der Waals surface area contributed by atoms with Crippen LogP contribution < -0.4 is 5.32 Å². The number of para-hydroxylation sites is 1. The molecule has 26 heavy (non-hydrogen) atoms. The molecule has 0 spiro atoms. The van der Waals surface area contributed by atoms with Crippen LogP contribution in [0, 0.1) is 5.92 Å². The van der Waals surface area contributed by atoms with E-state index in [9.17, 15) is 18.4 Å². The summed E-state index contributed by atoms with van der Waals surface area (Å²) in [6, 6.07) is 9.50. The Hall–Kier alpha value is -2.18. The number of hydrogen-bond donors (Lipinski definition) is 1. The lowest BCUT2D eigenvalue weighted by Crippen LogP contribution is -2.60. The molecule has 3 rings (SSSR count). The second kappa shape index (κ2) is 6.85. The highest BCUT2D eigenvalue weighted by Gasteiger charge is 2.51. The van der Waals surface area contributed by atoms with Crippen LogP contribution in [0.5, 0.6) is 0 Å². The van der Waals surface area contributed by atoms with Gasteiger partial charge >= 0.3 is 0 Å². The van der Waals surface area contributed by atoms with E-state index in [4.69, 9.17) is 0 Å². The molecule has 1 aromatic carbocycles. The van der Waals surface area contributed by atoms with E-state index in [0.29, 0.717) is 25.9 Å². The maximum absolute atomic E-state index is 13.0. The van der Waals surface area contributed by atoms with Gasteiger partial charge in [-0.2, -0.15) is 0 Å². The number of piperidine rings is 1. The van der Waals surface area contributed by atoms with Crippen LogP contribution in [0.1, 0.15) is 25.7 Å². The first-order chi connectivity index (χ1) is 12.2. The number of alkyl halides is 2. The van der Waals surface area contributed by atoms with E-state index in [1.54, 1.807) is 23.9 Å². The van der Waals surface area contributed by atoms with Gasteiger partial charge in [-0.25, -0.2) is 8.78 Å². The molecule has 1 aliphatic carbocycles. The number of carbonyl (C=O) groups is 2. The Balaban J connectivity index is 1.69. The third-order valence-electron chi connectivity index (χ3n) is 5.34. The smallest absolute Gasteiger partial charge is 0.249 e. The zero-order valence-corrected chi connectivity index (χ0v) is 15.2. The molecule has 2 aliphatic rings. The molecular formula is C19H25F2N3O2. The van der Waals surface area contributed by atoms with Gasteiger partial charge in [0.2, 0.25) is 17.7 Å². The molecule has 7 heteroatoms. The predicted molar refractivity (Wildman–Crippen MR) is 95.0 cm³/mol. The highest BCUT2D eigenvalue weighted by molar-refractivity contribution is 5.90. The summed E-state index contributed by atoms with van der Waals surface area (Å²) in [6.45, 7) is 0.778. The molecule has 0 unspecified atom stereocenters. The van der Waals surface area contributed by atoms with Crippen molar-refractivity contribution in [1.29, 1.82) is 0 Å². The van der Waals surface area contributed by atoms with E-state index in [1.807, 2.05) is 30.3 Å². The molecular weight excluding hydrogens is 340 g/mol. The van der Waals surface area contributed by atoms with Crippen LogP contribution in [0.2, 0.25) is 0 Å². The van der Waals surface area contributed by atoms with Crippen molar-refractivity contribution >= 4 is 17.5 Å². The van der Waals surface area contributed by atoms with E-state index in [-0.39, 0.29) is 24.7 Å². The minimum absolute atomic E-state index is 0.0383. The van der Waals surface area contributed by atoms with E-state index in [1.165, 1.54) is 0 Å². The van der Waals surface area contributed by atoms with Crippen LogP contribution >= 0.6 is 0 Å². The first kappa shape index (κ1) is 18.6. The van der Waals surface area contributed by atoms with Crippen LogP contribution in [-0.4, -0.2) is 60.3 Å². The monoisotopic (exact) mass is 365 g/mol. The lowest BCUT2D eigenvalue weighted by Gasteiger charge is -2.45. The van der Waals surface area contributed by atoms with Gasteiger partial charge in [-0.15, -0.1) is 0 Å². The Morgan fingerprint density at radius 1 is 1.12 bits per heavy atom. The highest BCUT2D eigenvalue weighted by atomic mass is 19.3. The van der Waals surface area contributed by atoms with Gasteiger partial charge in [-0.05, 0) is 25.0 Å². The Morgan fingerprint density at radius 3 is 2.19 bits per heavy atom. The van der Waals surface area contributed by atoms with Crippen LogP contribution in [0.4, 0.5) is 14.5 Å². The van der Waals surface area contributed by atoms with Crippen LogP contribution in [0.25, 0.3) is 0 Å². The topological polar surface area (TPSA) is 52.7 Å². The number of amides is 2. The minimum atomic E-state index is -2.70. The summed E-state index contributed by atoms with van der Waals surface area (Å²) in [6.07, 6.45) is 0.195. The van der Waals surface area contributed by atoms with Gasteiger partial charge in [0.05, 0.1) is 0 Å². The van der Waals surface area contributed by atoms with Gasteiger partial charge in [0.25, 0.3) is 0 Å². The third-order valence-corrected chi connectivity index (χ3v) is 5.34. The first-order valence-corrected chi connectivity index (χ1v) is 8.94. The van der Waals surface area contributed by atoms with Crippen molar-refractivity contribution in [1.82, 2.24) is 9.80 Å². The summed E-state index contributed by atoms with van der Waals surface area (Å²) in [5.41, 5.74) is 0.0617. The maximum Gasteiger partial charge on any atom is 0.249 e. The summed E-state index contributed by atoms with van der Waals surface area (Å²) in [5, 5.41) is 3.36. The fraction of sp³-hybridized carbons (Fsp3) is 0.579. The molecule has 1 saturated carbocycles. The van der Waals surface area contributed by atoms with E-state index >= 15 is 0 Å². The SMILES string of the molecule is CN(C)C(=O)C1(Nc2ccccc2)CCN(C(=O)C2CC(F)(F)C2)CC1. The van der Waals surface area contributed by atoms with Crippen molar-refractivity contribution in [3.63, 3.8) is 0 Å². The molecule has 5 nitrogen and oxygen atoms in total. The molecule has 142 valence electrons. The van der Waals surface area contributed by atoms with Crippen molar-refractivity contribution in [3.8, 4) is 0 Å². The largest absolute Gasteiger partial charge is 0.371 e. The van der Waals surface area contributed by atoms with Crippen molar-refractivity contribution in [2.75, 3.05) is 32.5 Å². The molecule has 2 fully saturated rings. The number of carbonyl (C=O) groups excluding carboxylic acids is 2. The molecule has 1 aliphatic heterocycles. The number of anilines is 1. The van der Waals surface area contributed by atoms with Crippen molar-refractivity contribution < 1.29 is 18.4 Å². The van der Waals surface area contributed by atoms with Crippen molar-refractivity contribution in [2.24, 2.45) is 5.92 Å². The minimum Gasteiger partial charge on any atom is -0.371 e. The summed E-state index contributed by atoms with van der Waals surface area (Å²) in [4.78, 5) is 28.5. The number of rotatable bonds is 4. The third kappa shape index (κ3) is 3.66. The van der Waals surface area contributed by atoms with Gasteiger partial charge in [0.1, 0.15) is 5.54 Å². The zero-order valence-electron chi connectivity index (χ0n) is 15.2. The van der Waals surface area contributed by atoms with Crippen molar-refractivity contribution in [3.05, 3.63) is 30.3 Å². The highest BCUT2D eigenvalue weighted by Crippen LogP contribution is 2.43. The van der Waals surface area contributed by atoms with Gasteiger partial charge < -0.3 is 15.1 Å². The fourth-order valence-electron chi connectivity index (χ4n) is 3.82. The number of benzene rings is 1. The molecule has 1 N–H and O–H groups in total. The zero-order chi connectivity index (χ0) is 18.9. The van der Waals surface area contributed by atoms with Gasteiger partial charge in [0.15, 0.2) is 0 Å². The van der Waals surface area contributed by atoms with Gasteiger partial charge in [-0.1, -0.05) is 18.2 Å². The standard InChI is InChI=1S/C19H25F2N3O2/c1-23(2)17(26)18(22-15-6-4-3-5-7-15)8-10-24(11-9-18)16(25)14-12-19(20,21)13-14/h3-7,14,22H,8-13H2,1-2H3. The van der Waals surface area contributed by atoms with E-state index in [0.717, 1.165) is 5.69 Å². The van der Waals surface area contributed by atoms with E-state index < -0.39 is 17.4 Å². The number of hydrogen-bond acceptors (Lipinski definition) is 3. The lowest BCUT2D eigenvalue weighted by molar-refractivity contribution is -0.161. The first-order valence-electron chi connectivity index (χ1n) is 8.94. The quantitative estimate of drug-likeness (QED) is 0.892. The molecule has 1 aromatic rings. The molecule has 0 radical (unpaired) electrons. The van der Waals surface area contributed by atoms with Gasteiger partial charge in [-0.3, -0.25) is 9.59 Å². The average molecular weight is 365 g/mol. The summed E-state index contributed by atoms with van der Waals surface area (Å²) in [7, 11) is 3.43. The fourth-order valence-corrected chi connectivity index (χ4v) is 3.82. The second-order valence-electron chi connectivity index (χ2n) is 7.56. The normalized spacial score (nSPS) is 21.6. The van der Waals surface area contributed by atoms with Crippen molar-refractivity contribution in [2.45, 2.75) is 37.1 Å². The Morgan fingerprint density at radius 2 is 1.69 bits per heavy atom. The number of nitrogens with one attached hydrogen (secondary N) is 1. The number of nitrogens with zero attached hydrogens (tertiary/aromatic N) is 2. The Kier molecular flexibility index (Phi) is 4.90. The average Bonchev–Trinajstić information content (AvgIpc) is 2.59. The van der Waals surface area contributed by atoms with Crippen LogP contribution in [-0.2, 0) is 9.59 Å². The Bertz CT molecular complexity index is 663. The number of likely N-dealkylation sites (tertiary alicyclic amines) is 1. The molecule has 0 bridgehead atoms. The lowest BCUT2D eigenvalue weighted by atomic mass is 9.79. The molecule has 2 amide bonds. The molecule has 0 aromatic heterocycles. The van der Waals surface area contributed by atoms with E-state index in [2.05, 4.69) is 5.32 Å². The molecule has 1 heterocycles. The second-order valence-corrected chi connectivity index (χ2v) is 7.56. The summed E-state index contributed by atoms with van der Waals surface area (Å²) < 4.78 is 26.1. The molecule has 0 atom stereocenters. The molecule has 1 saturated heterocycles. The number of likely N-dealkylation sites (N-methyl/N-ethyl adjacent to an activating group) is 1. The maximum atomic E-state index is 13.0.